The maximum Gasteiger partial charge on any atom is 0.0207 e. The number of halogens is 1. The van der Waals surface area contributed by atoms with Crippen molar-refractivity contribution in [3.05, 3.63) is 34.3 Å². The molecule has 0 heterocycles. The Bertz CT molecular complexity index is 364. The summed E-state index contributed by atoms with van der Waals surface area (Å²) in [6.07, 6.45) is 5.94. The minimum atomic E-state index is 0.0323. The first-order valence-corrected chi connectivity index (χ1v) is 6.94. The minimum Gasteiger partial charge on any atom is -0.325 e. The van der Waals surface area contributed by atoms with E-state index in [2.05, 4.69) is 47.1 Å². The van der Waals surface area contributed by atoms with E-state index in [0.29, 0.717) is 0 Å². The molecule has 16 heavy (non-hydrogen) atoms. The molecule has 2 N–H and O–H groups in total. The van der Waals surface area contributed by atoms with Gasteiger partial charge in [0.2, 0.25) is 0 Å². The Kier molecular flexibility index (Phi) is 3.70. The van der Waals surface area contributed by atoms with Gasteiger partial charge < -0.3 is 5.73 Å². The second-order valence-electron chi connectivity index (χ2n) is 5.15. The van der Waals surface area contributed by atoms with Crippen LogP contribution < -0.4 is 5.73 Å². The number of benzene rings is 1. The van der Waals surface area contributed by atoms with Crippen LogP contribution in [0, 0.1) is 5.92 Å². The number of rotatable bonds is 3. The first kappa shape index (κ1) is 12.1. The molecular weight excluding hydrogens is 262 g/mol. The van der Waals surface area contributed by atoms with Crippen LogP contribution in [0.5, 0.6) is 0 Å². The average Bonchev–Trinajstić information content (AvgIpc) is 2.64. The van der Waals surface area contributed by atoms with E-state index < -0.39 is 0 Å². The second-order valence-corrected chi connectivity index (χ2v) is 6.00. The standard InChI is InChI=1S/C14H20BrN/c1-2-11-7-8-14(16,9-11)10-12-5-3-4-6-13(12)15/h3-6,11H,2,7-10,16H2,1H3. The summed E-state index contributed by atoms with van der Waals surface area (Å²) in [6.45, 7) is 2.27. The molecule has 0 saturated heterocycles. The highest BCUT2D eigenvalue weighted by molar-refractivity contribution is 9.10. The van der Waals surface area contributed by atoms with Gasteiger partial charge >= 0.3 is 0 Å². The van der Waals surface area contributed by atoms with Crippen LogP contribution in [0.25, 0.3) is 0 Å². The topological polar surface area (TPSA) is 26.0 Å². The van der Waals surface area contributed by atoms with Crippen LogP contribution in [-0.2, 0) is 6.42 Å². The Balaban J connectivity index is 2.08. The third kappa shape index (κ3) is 2.67. The van der Waals surface area contributed by atoms with Gasteiger partial charge in [0, 0.05) is 10.0 Å². The summed E-state index contributed by atoms with van der Waals surface area (Å²) in [6, 6.07) is 8.43. The zero-order valence-electron chi connectivity index (χ0n) is 9.88. The summed E-state index contributed by atoms with van der Waals surface area (Å²) in [5.74, 6) is 0.840. The average molecular weight is 282 g/mol. The number of nitrogens with two attached hydrogens (primary N) is 1. The van der Waals surface area contributed by atoms with E-state index in [-0.39, 0.29) is 5.54 Å². The lowest BCUT2D eigenvalue weighted by Gasteiger charge is -2.25. The van der Waals surface area contributed by atoms with Crippen LogP contribution >= 0.6 is 15.9 Å². The molecular formula is C14H20BrN. The first-order chi connectivity index (χ1) is 7.63. The Morgan fingerprint density at radius 2 is 2.19 bits per heavy atom. The van der Waals surface area contributed by atoms with Gasteiger partial charge in [0.1, 0.15) is 0 Å². The van der Waals surface area contributed by atoms with Crippen LogP contribution in [0.4, 0.5) is 0 Å². The molecule has 2 atom stereocenters. The highest BCUT2D eigenvalue weighted by Crippen LogP contribution is 2.37. The van der Waals surface area contributed by atoms with E-state index >= 15 is 0 Å². The second kappa shape index (κ2) is 4.89. The summed E-state index contributed by atoms with van der Waals surface area (Å²) in [5.41, 5.74) is 7.89. The van der Waals surface area contributed by atoms with E-state index in [1.165, 1.54) is 35.7 Å². The third-order valence-corrected chi connectivity index (χ3v) is 4.60. The van der Waals surface area contributed by atoms with Crippen LogP contribution in [0.1, 0.15) is 38.2 Å². The lowest BCUT2D eigenvalue weighted by atomic mass is 9.89. The van der Waals surface area contributed by atoms with Gasteiger partial charge in [-0.1, -0.05) is 47.5 Å². The first-order valence-electron chi connectivity index (χ1n) is 6.15. The fraction of sp³-hybridized carbons (Fsp3) is 0.571. The predicted octanol–water partition coefficient (Wildman–Crippen LogP) is 3.90. The zero-order chi connectivity index (χ0) is 11.6. The van der Waals surface area contributed by atoms with Crippen molar-refractivity contribution in [2.75, 3.05) is 0 Å². The van der Waals surface area contributed by atoms with Gasteiger partial charge in [-0.05, 0) is 43.2 Å². The van der Waals surface area contributed by atoms with Crippen molar-refractivity contribution in [3.8, 4) is 0 Å². The highest BCUT2D eigenvalue weighted by atomic mass is 79.9. The van der Waals surface area contributed by atoms with Crippen molar-refractivity contribution < 1.29 is 0 Å². The predicted molar refractivity (Wildman–Crippen MR) is 72.4 cm³/mol. The lowest BCUT2D eigenvalue weighted by Crippen LogP contribution is -2.39. The molecule has 1 fully saturated rings. The molecule has 0 aromatic heterocycles. The van der Waals surface area contributed by atoms with Crippen molar-refractivity contribution >= 4 is 15.9 Å². The molecule has 0 aliphatic heterocycles. The minimum absolute atomic E-state index is 0.0323. The summed E-state index contributed by atoms with van der Waals surface area (Å²) < 4.78 is 1.19. The molecule has 0 bridgehead atoms. The Labute approximate surface area is 107 Å². The third-order valence-electron chi connectivity index (χ3n) is 3.82. The smallest absolute Gasteiger partial charge is 0.0207 e. The fourth-order valence-corrected chi connectivity index (χ4v) is 3.23. The number of hydrogen-bond donors (Lipinski definition) is 1. The van der Waals surface area contributed by atoms with Gasteiger partial charge in [0.15, 0.2) is 0 Å². The zero-order valence-corrected chi connectivity index (χ0v) is 11.5. The van der Waals surface area contributed by atoms with Gasteiger partial charge in [-0.25, -0.2) is 0 Å². The van der Waals surface area contributed by atoms with Crippen molar-refractivity contribution in [2.45, 2.75) is 44.6 Å². The summed E-state index contributed by atoms with van der Waals surface area (Å²) in [7, 11) is 0. The number of hydrogen-bond acceptors (Lipinski definition) is 1. The molecule has 0 radical (unpaired) electrons. The van der Waals surface area contributed by atoms with Crippen LogP contribution in [0.3, 0.4) is 0 Å². The molecule has 1 aliphatic carbocycles. The van der Waals surface area contributed by atoms with E-state index in [1.54, 1.807) is 0 Å². The van der Waals surface area contributed by atoms with Crippen LogP contribution in [0.2, 0.25) is 0 Å². The molecule has 1 aliphatic rings. The van der Waals surface area contributed by atoms with Gasteiger partial charge in [0.05, 0.1) is 0 Å². The largest absolute Gasteiger partial charge is 0.325 e. The fourth-order valence-electron chi connectivity index (χ4n) is 2.80. The van der Waals surface area contributed by atoms with E-state index in [4.69, 9.17) is 5.73 Å². The Hall–Kier alpha value is -0.340. The normalized spacial score (nSPS) is 29.6. The lowest BCUT2D eigenvalue weighted by molar-refractivity contribution is 0.406. The summed E-state index contributed by atoms with van der Waals surface area (Å²) in [4.78, 5) is 0. The molecule has 0 spiro atoms. The summed E-state index contributed by atoms with van der Waals surface area (Å²) >= 11 is 3.60. The van der Waals surface area contributed by atoms with Gasteiger partial charge in [-0.15, -0.1) is 0 Å². The maximum absolute atomic E-state index is 6.51. The molecule has 0 amide bonds. The molecule has 2 heteroatoms. The maximum atomic E-state index is 6.51. The van der Waals surface area contributed by atoms with Crippen LogP contribution in [0.15, 0.2) is 28.7 Å². The molecule has 1 saturated carbocycles. The van der Waals surface area contributed by atoms with E-state index in [9.17, 15) is 0 Å². The Morgan fingerprint density at radius 3 is 2.81 bits per heavy atom. The van der Waals surface area contributed by atoms with Crippen molar-refractivity contribution in [1.29, 1.82) is 0 Å². The van der Waals surface area contributed by atoms with Gasteiger partial charge in [0.25, 0.3) is 0 Å². The molecule has 88 valence electrons. The SMILES string of the molecule is CCC1CCC(N)(Cc2ccccc2Br)C1. The van der Waals surface area contributed by atoms with E-state index in [0.717, 1.165) is 12.3 Å². The molecule has 1 aromatic carbocycles. The van der Waals surface area contributed by atoms with Crippen molar-refractivity contribution in [1.82, 2.24) is 0 Å². The van der Waals surface area contributed by atoms with Crippen LogP contribution in [-0.4, -0.2) is 5.54 Å². The molecule has 1 nitrogen and oxygen atoms in total. The molecule has 2 unspecified atom stereocenters. The molecule has 2 rings (SSSR count). The summed E-state index contributed by atoms with van der Waals surface area (Å²) in [5, 5.41) is 0. The van der Waals surface area contributed by atoms with E-state index in [1.807, 2.05) is 0 Å². The quantitative estimate of drug-likeness (QED) is 0.894. The Morgan fingerprint density at radius 1 is 1.44 bits per heavy atom. The monoisotopic (exact) mass is 281 g/mol. The van der Waals surface area contributed by atoms with Gasteiger partial charge in [-0.2, -0.15) is 0 Å². The highest BCUT2D eigenvalue weighted by Gasteiger charge is 2.35. The molecule has 1 aromatic rings. The van der Waals surface area contributed by atoms with Crippen molar-refractivity contribution in [3.63, 3.8) is 0 Å². The van der Waals surface area contributed by atoms with Crippen molar-refractivity contribution in [2.24, 2.45) is 11.7 Å². The van der Waals surface area contributed by atoms with Gasteiger partial charge in [-0.3, -0.25) is 0 Å².